The number of nitrogens with one attached hydrogen (secondary N) is 1. The van der Waals surface area contributed by atoms with Gasteiger partial charge in [0.05, 0.1) is 0 Å². The van der Waals surface area contributed by atoms with Gasteiger partial charge in [-0.15, -0.1) is 0 Å². The first kappa shape index (κ1) is 21.6. The largest absolute Gasteiger partial charge is 0.457 e. The third-order valence-corrected chi connectivity index (χ3v) is 5.39. The van der Waals surface area contributed by atoms with Crippen molar-refractivity contribution in [2.75, 3.05) is 0 Å². The van der Waals surface area contributed by atoms with Crippen molar-refractivity contribution in [3.63, 3.8) is 0 Å². The third-order valence-electron chi connectivity index (χ3n) is 5.39. The minimum atomic E-state index is -0.273. The normalized spacial score (nSPS) is 11.7. The van der Waals surface area contributed by atoms with Crippen molar-refractivity contribution in [2.45, 2.75) is 40.2 Å². The standard InChI is InChI=1S/C27H30FNO/c1-5-19(2)16-23-7-6-20(3)27(17-23)21(4)29-18-22-8-12-25(13-9-22)30-26-14-10-24(28)11-15-26/h6-15,17,19,29H,4-5,16,18H2,1-3H3/t19-/m0/s1. The topological polar surface area (TPSA) is 21.3 Å². The van der Waals surface area contributed by atoms with Crippen molar-refractivity contribution in [1.82, 2.24) is 5.32 Å². The van der Waals surface area contributed by atoms with Crippen molar-refractivity contribution in [2.24, 2.45) is 5.92 Å². The molecule has 0 heterocycles. The van der Waals surface area contributed by atoms with Crippen molar-refractivity contribution in [3.8, 4) is 11.5 Å². The average Bonchev–Trinajstić information content (AvgIpc) is 2.76. The molecule has 0 unspecified atom stereocenters. The maximum absolute atomic E-state index is 13.0. The fraction of sp³-hybridized carbons (Fsp3) is 0.259. The first-order valence-electron chi connectivity index (χ1n) is 10.5. The molecular formula is C27H30FNO. The zero-order valence-corrected chi connectivity index (χ0v) is 18.0. The summed E-state index contributed by atoms with van der Waals surface area (Å²) in [6, 6.07) is 20.5. The zero-order valence-electron chi connectivity index (χ0n) is 18.0. The molecule has 0 aliphatic carbocycles. The van der Waals surface area contributed by atoms with Gasteiger partial charge < -0.3 is 10.1 Å². The first-order chi connectivity index (χ1) is 14.4. The van der Waals surface area contributed by atoms with Crippen LogP contribution in [0.3, 0.4) is 0 Å². The highest BCUT2D eigenvalue weighted by Crippen LogP contribution is 2.23. The summed E-state index contributed by atoms with van der Waals surface area (Å²) in [4.78, 5) is 0. The highest BCUT2D eigenvalue weighted by Gasteiger charge is 2.07. The van der Waals surface area contributed by atoms with E-state index in [4.69, 9.17) is 4.74 Å². The van der Waals surface area contributed by atoms with Gasteiger partial charge in [0.2, 0.25) is 0 Å². The summed E-state index contributed by atoms with van der Waals surface area (Å²) in [6.45, 7) is 11.6. The smallest absolute Gasteiger partial charge is 0.127 e. The van der Waals surface area contributed by atoms with Gasteiger partial charge >= 0.3 is 0 Å². The van der Waals surface area contributed by atoms with Crippen molar-refractivity contribution in [1.29, 1.82) is 0 Å². The Labute approximate surface area is 179 Å². The van der Waals surface area contributed by atoms with E-state index in [1.54, 1.807) is 12.1 Å². The van der Waals surface area contributed by atoms with Gasteiger partial charge in [0, 0.05) is 17.8 Å². The number of benzene rings is 3. The van der Waals surface area contributed by atoms with Crippen LogP contribution in [-0.4, -0.2) is 0 Å². The summed E-state index contributed by atoms with van der Waals surface area (Å²) in [5.74, 6) is 1.74. The first-order valence-corrected chi connectivity index (χ1v) is 10.5. The van der Waals surface area contributed by atoms with E-state index < -0.39 is 0 Å². The van der Waals surface area contributed by atoms with E-state index in [9.17, 15) is 4.39 Å². The molecule has 0 fully saturated rings. The maximum atomic E-state index is 13.0. The predicted octanol–water partition coefficient (Wildman–Crippen LogP) is 7.28. The Morgan fingerprint density at radius 1 is 0.967 bits per heavy atom. The summed E-state index contributed by atoms with van der Waals surface area (Å²) in [7, 11) is 0. The third kappa shape index (κ3) is 5.96. The summed E-state index contributed by atoms with van der Waals surface area (Å²) in [5.41, 5.74) is 5.83. The van der Waals surface area contributed by atoms with Gasteiger partial charge in [-0.3, -0.25) is 0 Å². The van der Waals surface area contributed by atoms with Crippen molar-refractivity contribution >= 4 is 5.70 Å². The van der Waals surface area contributed by atoms with Gasteiger partial charge in [-0.05, 0) is 78.4 Å². The lowest BCUT2D eigenvalue weighted by Crippen LogP contribution is -2.12. The van der Waals surface area contributed by atoms with Crippen molar-refractivity contribution < 1.29 is 9.13 Å². The Morgan fingerprint density at radius 2 is 1.57 bits per heavy atom. The monoisotopic (exact) mass is 403 g/mol. The fourth-order valence-electron chi connectivity index (χ4n) is 3.29. The summed E-state index contributed by atoms with van der Waals surface area (Å²) in [6.07, 6.45) is 2.27. The van der Waals surface area contributed by atoms with Crippen LogP contribution in [0.1, 0.15) is 42.5 Å². The molecule has 3 rings (SSSR count). The molecule has 0 bridgehead atoms. The minimum absolute atomic E-state index is 0.273. The van der Waals surface area contributed by atoms with Crippen LogP contribution in [0.15, 0.2) is 73.3 Å². The molecule has 3 aromatic rings. The molecule has 1 N–H and O–H groups in total. The molecule has 0 aromatic heterocycles. The van der Waals surface area contributed by atoms with Gasteiger partial charge in [-0.2, -0.15) is 0 Å². The molecule has 156 valence electrons. The minimum Gasteiger partial charge on any atom is -0.457 e. The Hall–Kier alpha value is -3.07. The molecule has 0 radical (unpaired) electrons. The van der Waals surface area contributed by atoms with Crippen LogP contribution in [0, 0.1) is 18.7 Å². The molecule has 0 spiro atoms. The number of hydrogen-bond acceptors (Lipinski definition) is 2. The fourth-order valence-corrected chi connectivity index (χ4v) is 3.29. The molecule has 2 nitrogen and oxygen atoms in total. The predicted molar refractivity (Wildman–Crippen MR) is 123 cm³/mol. The van der Waals surface area contributed by atoms with E-state index in [1.165, 1.54) is 35.2 Å². The second-order valence-corrected chi connectivity index (χ2v) is 7.90. The number of ether oxygens (including phenoxy) is 1. The van der Waals surface area contributed by atoms with E-state index in [0.29, 0.717) is 18.2 Å². The van der Waals surface area contributed by atoms with E-state index in [0.717, 1.165) is 23.4 Å². The van der Waals surface area contributed by atoms with Crippen LogP contribution in [0.25, 0.3) is 5.70 Å². The van der Waals surface area contributed by atoms with Crippen LogP contribution in [0.2, 0.25) is 0 Å². The van der Waals surface area contributed by atoms with E-state index >= 15 is 0 Å². The van der Waals surface area contributed by atoms with Gasteiger partial charge in [0.1, 0.15) is 17.3 Å². The summed E-state index contributed by atoms with van der Waals surface area (Å²) in [5, 5.41) is 3.45. The second kappa shape index (κ2) is 10.1. The molecular weight excluding hydrogens is 373 g/mol. The van der Waals surface area contributed by atoms with Gasteiger partial charge in [-0.1, -0.05) is 51.1 Å². The highest BCUT2D eigenvalue weighted by molar-refractivity contribution is 5.65. The van der Waals surface area contributed by atoms with Crippen LogP contribution in [0.5, 0.6) is 11.5 Å². The lowest BCUT2D eigenvalue weighted by atomic mass is 9.95. The van der Waals surface area contributed by atoms with Gasteiger partial charge in [0.25, 0.3) is 0 Å². The molecule has 0 saturated heterocycles. The molecule has 3 heteroatoms. The Morgan fingerprint density at radius 3 is 2.20 bits per heavy atom. The Balaban J connectivity index is 1.59. The summed E-state index contributed by atoms with van der Waals surface area (Å²) < 4.78 is 18.7. The maximum Gasteiger partial charge on any atom is 0.127 e. The van der Waals surface area contributed by atoms with Crippen LogP contribution < -0.4 is 10.1 Å². The molecule has 30 heavy (non-hydrogen) atoms. The number of rotatable bonds is 9. The lowest BCUT2D eigenvalue weighted by Gasteiger charge is -2.15. The Bertz CT molecular complexity index is 977. The molecule has 0 aliphatic heterocycles. The number of halogens is 1. The SMILES string of the molecule is C=C(NCc1ccc(Oc2ccc(F)cc2)cc1)c1cc(C[C@@H](C)CC)ccc1C. The molecule has 0 saturated carbocycles. The highest BCUT2D eigenvalue weighted by atomic mass is 19.1. The quantitative estimate of drug-likeness (QED) is 0.405. The second-order valence-electron chi connectivity index (χ2n) is 7.90. The van der Waals surface area contributed by atoms with Crippen molar-refractivity contribution in [3.05, 3.63) is 101 Å². The molecule has 0 amide bonds. The molecule has 3 aromatic carbocycles. The van der Waals surface area contributed by atoms with Crippen LogP contribution in [0.4, 0.5) is 4.39 Å². The molecule has 1 atom stereocenters. The van der Waals surface area contributed by atoms with E-state index in [2.05, 4.69) is 50.9 Å². The van der Waals surface area contributed by atoms with Crippen LogP contribution in [-0.2, 0) is 13.0 Å². The van der Waals surface area contributed by atoms with E-state index in [1.807, 2.05) is 24.3 Å². The number of aryl methyl sites for hydroxylation is 1. The summed E-state index contributed by atoms with van der Waals surface area (Å²) >= 11 is 0. The van der Waals surface area contributed by atoms with Gasteiger partial charge in [0.15, 0.2) is 0 Å². The number of hydrogen-bond donors (Lipinski definition) is 1. The average molecular weight is 404 g/mol. The van der Waals surface area contributed by atoms with Crippen LogP contribution >= 0.6 is 0 Å². The molecule has 0 aliphatic rings. The van der Waals surface area contributed by atoms with Gasteiger partial charge in [-0.25, -0.2) is 4.39 Å². The Kier molecular flexibility index (Phi) is 7.29. The zero-order chi connectivity index (χ0) is 21.5. The van der Waals surface area contributed by atoms with E-state index in [-0.39, 0.29) is 5.82 Å². The lowest BCUT2D eigenvalue weighted by molar-refractivity contribution is 0.480.